The SMILES string of the molecule is CC(C)(C)[C@@H](CC(N)=O)c1nc(-c2ccccc2)cn1Cc1ccccc1. The van der Waals surface area contributed by atoms with E-state index in [4.69, 9.17) is 10.7 Å². The van der Waals surface area contributed by atoms with Gasteiger partial charge in [-0.2, -0.15) is 0 Å². The Hall–Kier alpha value is -2.88. The minimum absolute atomic E-state index is 0.0591. The highest BCUT2D eigenvalue weighted by Gasteiger charge is 2.32. The zero-order valence-electron chi connectivity index (χ0n) is 16.2. The van der Waals surface area contributed by atoms with Crippen molar-refractivity contribution in [3.05, 3.63) is 78.2 Å². The maximum atomic E-state index is 11.8. The third-order valence-corrected chi connectivity index (χ3v) is 4.84. The zero-order chi connectivity index (χ0) is 19.4. The fourth-order valence-corrected chi connectivity index (χ4v) is 3.35. The summed E-state index contributed by atoms with van der Waals surface area (Å²) in [5.41, 5.74) is 8.62. The van der Waals surface area contributed by atoms with Crippen LogP contribution in [0.15, 0.2) is 66.9 Å². The van der Waals surface area contributed by atoms with Gasteiger partial charge in [-0.05, 0) is 11.0 Å². The van der Waals surface area contributed by atoms with Crippen molar-refractivity contribution in [1.82, 2.24) is 9.55 Å². The van der Waals surface area contributed by atoms with Gasteiger partial charge in [0.15, 0.2) is 0 Å². The Morgan fingerprint density at radius 1 is 1.04 bits per heavy atom. The highest BCUT2D eigenvalue weighted by molar-refractivity contribution is 5.74. The molecule has 1 aromatic heterocycles. The molecule has 0 spiro atoms. The topological polar surface area (TPSA) is 60.9 Å². The first kappa shape index (κ1) is 18.9. The normalized spacial score (nSPS) is 12.7. The number of carbonyl (C=O) groups excluding carboxylic acids is 1. The molecule has 0 aliphatic heterocycles. The van der Waals surface area contributed by atoms with Gasteiger partial charge in [-0.1, -0.05) is 81.4 Å². The number of rotatable bonds is 6. The molecule has 0 saturated carbocycles. The van der Waals surface area contributed by atoms with Crippen LogP contribution in [0.2, 0.25) is 0 Å². The van der Waals surface area contributed by atoms with Gasteiger partial charge in [-0.3, -0.25) is 4.79 Å². The van der Waals surface area contributed by atoms with Crippen LogP contribution >= 0.6 is 0 Å². The molecule has 2 aromatic carbocycles. The van der Waals surface area contributed by atoms with E-state index in [9.17, 15) is 4.79 Å². The van der Waals surface area contributed by atoms with Crippen molar-refractivity contribution in [1.29, 1.82) is 0 Å². The second kappa shape index (κ2) is 7.78. The second-order valence-electron chi connectivity index (χ2n) is 8.05. The number of hydrogen-bond donors (Lipinski definition) is 1. The van der Waals surface area contributed by atoms with Crippen LogP contribution in [0.1, 0.15) is 44.5 Å². The summed E-state index contributed by atoms with van der Waals surface area (Å²) < 4.78 is 2.16. The number of primary amides is 1. The lowest BCUT2D eigenvalue weighted by atomic mass is 9.78. The van der Waals surface area contributed by atoms with E-state index in [1.807, 2.05) is 36.4 Å². The summed E-state index contributed by atoms with van der Waals surface area (Å²) in [6.45, 7) is 7.10. The van der Waals surface area contributed by atoms with E-state index in [1.165, 1.54) is 5.56 Å². The van der Waals surface area contributed by atoms with Gasteiger partial charge in [0.1, 0.15) is 5.82 Å². The lowest BCUT2D eigenvalue weighted by molar-refractivity contribution is -0.119. The number of amides is 1. The van der Waals surface area contributed by atoms with Crippen molar-refractivity contribution >= 4 is 5.91 Å². The third kappa shape index (κ3) is 4.64. The number of carbonyl (C=O) groups is 1. The number of benzene rings is 2. The van der Waals surface area contributed by atoms with Gasteiger partial charge in [0.25, 0.3) is 0 Å². The van der Waals surface area contributed by atoms with Gasteiger partial charge in [0.05, 0.1) is 5.69 Å². The maximum absolute atomic E-state index is 11.8. The molecule has 4 nitrogen and oxygen atoms in total. The Balaban J connectivity index is 2.08. The molecule has 0 radical (unpaired) electrons. The summed E-state index contributed by atoms with van der Waals surface area (Å²) in [5.74, 6) is 0.547. The van der Waals surface area contributed by atoms with Crippen LogP contribution in [-0.4, -0.2) is 15.5 Å². The highest BCUT2D eigenvalue weighted by Crippen LogP contribution is 2.38. The van der Waals surface area contributed by atoms with E-state index in [-0.39, 0.29) is 23.7 Å². The molecule has 3 rings (SSSR count). The first-order chi connectivity index (χ1) is 12.8. The molecule has 0 fully saturated rings. The highest BCUT2D eigenvalue weighted by atomic mass is 16.1. The van der Waals surface area contributed by atoms with E-state index < -0.39 is 0 Å². The monoisotopic (exact) mass is 361 g/mol. The van der Waals surface area contributed by atoms with E-state index in [2.05, 4.69) is 55.8 Å². The Morgan fingerprint density at radius 2 is 1.63 bits per heavy atom. The number of aromatic nitrogens is 2. The van der Waals surface area contributed by atoms with Gasteiger partial charge >= 0.3 is 0 Å². The van der Waals surface area contributed by atoms with Crippen LogP contribution in [0, 0.1) is 5.41 Å². The summed E-state index contributed by atoms with van der Waals surface area (Å²) in [6, 6.07) is 20.4. The number of nitrogens with zero attached hydrogens (tertiary/aromatic N) is 2. The first-order valence-electron chi connectivity index (χ1n) is 9.29. The van der Waals surface area contributed by atoms with Gasteiger partial charge < -0.3 is 10.3 Å². The van der Waals surface area contributed by atoms with Crippen LogP contribution in [0.3, 0.4) is 0 Å². The lowest BCUT2D eigenvalue weighted by Gasteiger charge is -2.30. The molecule has 27 heavy (non-hydrogen) atoms. The number of hydrogen-bond acceptors (Lipinski definition) is 2. The smallest absolute Gasteiger partial charge is 0.218 e. The minimum atomic E-state index is -0.301. The van der Waals surface area contributed by atoms with Gasteiger partial charge in [-0.25, -0.2) is 4.98 Å². The maximum Gasteiger partial charge on any atom is 0.218 e. The van der Waals surface area contributed by atoms with Crippen molar-refractivity contribution in [3.8, 4) is 11.3 Å². The summed E-state index contributed by atoms with van der Waals surface area (Å²) in [7, 11) is 0. The standard InChI is InChI=1S/C23H27N3O/c1-23(2,3)19(14-21(24)27)22-25-20(18-12-8-5-9-13-18)16-26(22)15-17-10-6-4-7-11-17/h4-13,16,19H,14-15H2,1-3H3,(H2,24,27)/t19-/m0/s1. The molecule has 140 valence electrons. The number of nitrogens with two attached hydrogens (primary N) is 1. The molecule has 0 aliphatic rings. The first-order valence-corrected chi connectivity index (χ1v) is 9.29. The molecular formula is C23H27N3O. The Bertz CT molecular complexity index is 892. The van der Waals surface area contributed by atoms with Gasteiger partial charge in [0, 0.05) is 30.6 Å². The van der Waals surface area contributed by atoms with Crippen molar-refractivity contribution in [3.63, 3.8) is 0 Å². The molecule has 0 aliphatic carbocycles. The Labute approximate surface area is 161 Å². The fraction of sp³-hybridized carbons (Fsp3) is 0.304. The van der Waals surface area contributed by atoms with Crippen LogP contribution in [-0.2, 0) is 11.3 Å². The quantitative estimate of drug-likeness (QED) is 0.697. The van der Waals surface area contributed by atoms with Crippen LogP contribution < -0.4 is 5.73 Å². The average Bonchev–Trinajstić information content (AvgIpc) is 3.03. The molecule has 1 atom stereocenters. The Morgan fingerprint density at radius 3 is 2.19 bits per heavy atom. The summed E-state index contributed by atoms with van der Waals surface area (Å²) in [5, 5.41) is 0. The predicted octanol–water partition coefficient (Wildman–Crippen LogP) is 4.60. The minimum Gasteiger partial charge on any atom is -0.370 e. The summed E-state index contributed by atoms with van der Waals surface area (Å²) in [6.07, 6.45) is 2.36. The lowest BCUT2D eigenvalue weighted by Crippen LogP contribution is -2.27. The second-order valence-corrected chi connectivity index (χ2v) is 8.05. The fourth-order valence-electron chi connectivity index (χ4n) is 3.35. The molecule has 0 saturated heterocycles. The Kier molecular flexibility index (Phi) is 5.45. The summed E-state index contributed by atoms with van der Waals surface area (Å²) >= 11 is 0. The van der Waals surface area contributed by atoms with E-state index >= 15 is 0 Å². The van der Waals surface area contributed by atoms with Crippen molar-refractivity contribution in [2.45, 2.75) is 39.7 Å². The van der Waals surface area contributed by atoms with Crippen LogP contribution in [0.4, 0.5) is 0 Å². The summed E-state index contributed by atoms with van der Waals surface area (Å²) in [4.78, 5) is 16.7. The van der Waals surface area contributed by atoms with Gasteiger partial charge in [-0.15, -0.1) is 0 Å². The van der Waals surface area contributed by atoms with Crippen LogP contribution in [0.5, 0.6) is 0 Å². The zero-order valence-corrected chi connectivity index (χ0v) is 16.2. The van der Waals surface area contributed by atoms with Crippen molar-refractivity contribution in [2.75, 3.05) is 0 Å². The molecule has 1 heterocycles. The molecule has 2 N–H and O–H groups in total. The third-order valence-electron chi connectivity index (χ3n) is 4.84. The molecule has 0 bridgehead atoms. The largest absolute Gasteiger partial charge is 0.370 e. The van der Waals surface area contributed by atoms with Crippen LogP contribution in [0.25, 0.3) is 11.3 Å². The van der Waals surface area contributed by atoms with Crippen molar-refractivity contribution in [2.24, 2.45) is 11.1 Å². The molecule has 1 amide bonds. The molecule has 3 aromatic rings. The van der Waals surface area contributed by atoms with Crippen molar-refractivity contribution < 1.29 is 4.79 Å². The van der Waals surface area contributed by atoms with Gasteiger partial charge in [0.2, 0.25) is 5.91 Å². The predicted molar refractivity (Wildman–Crippen MR) is 109 cm³/mol. The van der Waals surface area contributed by atoms with E-state index in [0.717, 1.165) is 17.1 Å². The average molecular weight is 361 g/mol. The van der Waals surface area contributed by atoms with E-state index in [1.54, 1.807) is 0 Å². The molecular weight excluding hydrogens is 334 g/mol. The number of imidazole rings is 1. The molecule has 0 unspecified atom stereocenters. The molecule has 4 heteroatoms. The van der Waals surface area contributed by atoms with E-state index in [0.29, 0.717) is 6.54 Å².